The van der Waals surface area contributed by atoms with E-state index in [1.54, 1.807) is 0 Å². The minimum absolute atomic E-state index is 0.0969. The number of aliphatic carboxylic acids is 1. The molecule has 1 aromatic rings. The van der Waals surface area contributed by atoms with Crippen molar-refractivity contribution < 1.29 is 24.9 Å². The van der Waals surface area contributed by atoms with Gasteiger partial charge < -0.3 is 20.6 Å². The number of carbonyl (C=O) groups is 2. The number of carbonyl (C=O) groups excluding carboxylic acids is 1. The van der Waals surface area contributed by atoms with Crippen LogP contribution in [0.4, 0.5) is 0 Å². The Morgan fingerprint density at radius 3 is 2.46 bits per heavy atom. The van der Waals surface area contributed by atoms with Crippen molar-refractivity contribution >= 4 is 34.5 Å². The normalized spacial score (nSPS) is 11.0. The van der Waals surface area contributed by atoms with Gasteiger partial charge >= 0.3 is 5.97 Å². The number of carboxylic acid groups (broad SMARTS) is 1. The Balaban J connectivity index is 2.21. The number of nitrogens with zero attached hydrogens (tertiary/aromatic N) is 1. The minimum Gasteiger partial charge on any atom is -0.480 e. The van der Waals surface area contributed by atoms with Crippen molar-refractivity contribution in [3.8, 4) is 0 Å². The zero-order valence-electron chi connectivity index (χ0n) is 13.3. The Morgan fingerprint density at radius 2 is 1.88 bits per heavy atom. The number of aliphatic hydroxyl groups excluding tert-OH is 1. The predicted octanol–water partition coefficient (Wildman–Crippen LogP) is 0.427. The molecule has 0 heterocycles. The first-order chi connectivity index (χ1) is 11.4. The van der Waals surface area contributed by atoms with Crippen LogP contribution in [0.3, 0.4) is 0 Å². The molecule has 1 aromatic carbocycles. The second kappa shape index (κ2) is 11.3. The van der Waals surface area contributed by atoms with E-state index in [-0.39, 0.29) is 32.1 Å². The summed E-state index contributed by atoms with van der Waals surface area (Å²) in [6.45, 7) is 0.0322. The molecule has 0 bridgehead atoms. The molecule has 134 valence electrons. The molecular weight excluding hydrogens is 427 g/mol. The Hall–Kier alpha value is -1.23. The highest BCUT2D eigenvalue weighted by atomic mass is 127. The maximum Gasteiger partial charge on any atom is 0.317 e. The number of rotatable bonds is 11. The summed E-state index contributed by atoms with van der Waals surface area (Å²) in [6, 6.07) is 8.15. The van der Waals surface area contributed by atoms with Gasteiger partial charge in [0, 0.05) is 29.6 Å². The van der Waals surface area contributed by atoms with Crippen LogP contribution in [0.1, 0.15) is 18.4 Å². The molecule has 0 aliphatic rings. The molecule has 0 saturated heterocycles. The van der Waals surface area contributed by atoms with Gasteiger partial charge in [-0.05, 0) is 53.1 Å². The van der Waals surface area contributed by atoms with Crippen LogP contribution in [0.25, 0.3) is 0 Å². The molecule has 4 N–H and O–H groups in total. The van der Waals surface area contributed by atoms with Crippen molar-refractivity contribution in [1.82, 2.24) is 10.2 Å². The summed E-state index contributed by atoms with van der Waals surface area (Å²) in [5, 5.41) is 29.3. The molecule has 0 spiro atoms. The van der Waals surface area contributed by atoms with Crippen molar-refractivity contribution in [1.29, 1.82) is 0 Å². The molecule has 0 fully saturated rings. The molecule has 8 heteroatoms. The molecule has 0 unspecified atom stereocenters. The lowest BCUT2D eigenvalue weighted by Crippen LogP contribution is -2.41. The molecule has 1 rings (SSSR count). The molecule has 0 aromatic heterocycles. The SMILES string of the molecule is O=C(O)CN(CCNC(=O)CCCc1ccc(I)cc1)CC(O)O. The quantitative estimate of drug-likeness (QED) is 0.288. The standard InChI is InChI=1S/C16H23IN2O5/c17-13-6-4-12(5-7-13)2-1-3-14(20)18-8-9-19(10-15(21)22)11-16(23)24/h4-7,15,21-22H,1-3,8-11H2,(H,18,20)(H,23,24). The van der Waals surface area contributed by atoms with Crippen molar-refractivity contribution in [2.24, 2.45) is 0 Å². The summed E-state index contributed by atoms with van der Waals surface area (Å²) in [6.07, 6.45) is 0.356. The summed E-state index contributed by atoms with van der Waals surface area (Å²) in [5.74, 6) is -1.15. The first-order valence-electron chi connectivity index (χ1n) is 7.68. The highest BCUT2D eigenvalue weighted by Crippen LogP contribution is 2.09. The van der Waals surface area contributed by atoms with Crippen LogP contribution < -0.4 is 5.32 Å². The molecule has 0 saturated carbocycles. The van der Waals surface area contributed by atoms with Crippen LogP contribution in [0.15, 0.2) is 24.3 Å². The molecular formula is C16H23IN2O5. The van der Waals surface area contributed by atoms with Crippen molar-refractivity contribution in [3.63, 3.8) is 0 Å². The molecule has 0 aliphatic heterocycles. The summed E-state index contributed by atoms with van der Waals surface area (Å²) < 4.78 is 1.17. The predicted molar refractivity (Wildman–Crippen MR) is 97.4 cm³/mol. The summed E-state index contributed by atoms with van der Waals surface area (Å²) in [5.41, 5.74) is 1.19. The third kappa shape index (κ3) is 9.81. The van der Waals surface area contributed by atoms with Crippen molar-refractivity contribution in [2.75, 3.05) is 26.2 Å². The van der Waals surface area contributed by atoms with Gasteiger partial charge in [0.05, 0.1) is 6.54 Å². The first kappa shape index (κ1) is 20.8. The van der Waals surface area contributed by atoms with Gasteiger partial charge in [0.2, 0.25) is 5.91 Å². The van der Waals surface area contributed by atoms with E-state index in [1.165, 1.54) is 14.0 Å². The second-order valence-electron chi connectivity index (χ2n) is 5.44. The average molecular weight is 450 g/mol. The number of hydrogen-bond donors (Lipinski definition) is 4. The first-order valence-corrected chi connectivity index (χ1v) is 8.76. The summed E-state index contributed by atoms with van der Waals surface area (Å²) in [7, 11) is 0. The van der Waals surface area contributed by atoms with Crippen LogP contribution in [0, 0.1) is 3.57 Å². The number of aliphatic hydroxyl groups is 2. The number of hydrogen-bond acceptors (Lipinski definition) is 5. The Kier molecular flexibility index (Phi) is 9.84. The zero-order chi connectivity index (χ0) is 17.9. The number of carboxylic acids is 1. The largest absolute Gasteiger partial charge is 0.480 e. The van der Waals surface area contributed by atoms with Gasteiger partial charge in [0.15, 0.2) is 6.29 Å². The average Bonchev–Trinajstić information content (AvgIpc) is 2.48. The van der Waals surface area contributed by atoms with E-state index in [0.717, 1.165) is 12.8 Å². The fourth-order valence-electron chi connectivity index (χ4n) is 2.20. The van der Waals surface area contributed by atoms with Gasteiger partial charge in [-0.25, -0.2) is 0 Å². The molecule has 1 amide bonds. The third-order valence-electron chi connectivity index (χ3n) is 3.31. The minimum atomic E-state index is -1.60. The monoisotopic (exact) mass is 450 g/mol. The van der Waals surface area contributed by atoms with Gasteiger partial charge in [0.25, 0.3) is 0 Å². The fraction of sp³-hybridized carbons (Fsp3) is 0.500. The van der Waals surface area contributed by atoms with Gasteiger partial charge in [-0.2, -0.15) is 0 Å². The van der Waals surface area contributed by atoms with Gasteiger partial charge in [0.1, 0.15) is 0 Å². The van der Waals surface area contributed by atoms with E-state index in [0.29, 0.717) is 6.42 Å². The van der Waals surface area contributed by atoms with E-state index >= 15 is 0 Å². The van der Waals surface area contributed by atoms with Gasteiger partial charge in [-0.15, -0.1) is 0 Å². The van der Waals surface area contributed by atoms with Crippen LogP contribution in [-0.4, -0.2) is 64.6 Å². The van der Waals surface area contributed by atoms with Crippen molar-refractivity contribution in [2.45, 2.75) is 25.6 Å². The topological polar surface area (TPSA) is 110 Å². The summed E-state index contributed by atoms with van der Waals surface area (Å²) >= 11 is 2.24. The highest BCUT2D eigenvalue weighted by Gasteiger charge is 2.13. The van der Waals surface area contributed by atoms with Crippen molar-refractivity contribution in [3.05, 3.63) is 33.4 Å². The summed E-state index contributed by atoms with van der Waals surface area (Å²) in [4.78, 5) is 23.8. The number of nitrogens with one attached hydrogen (secondary N) is 1. The Morgan fingerprint density at radius 1 is 1.21 bits per heavy atom. The van der Waals surface area contributed by atoms with Crippen LogP contribution in [0.5, 0.6) is 0 Å². The van der Waals surface area contributed by atoms with Gasteiger partial charge in [-0.1, -0.05) is 12.1 Å². The second-order valence-corrected chi connectivity index (χ2v) is 6.69. The molecule has 0 radical (unpaired) electrons. The smallest absolute Gasteiger partial charge is 0.317 e. The number of halogens is 1. The van der Waals surface area contributed by atoms with E-state index in [4.69, 9.17) is 15.3 Å². The molecule has 0 aliphatic carbocycles. The maximum absolute atomic E-state index is 11.8. The van der Waals surface area contributed by atoms with Crippen LogP contribution in [-0.2, 0) is 16.0 Å². The van der Waals surface area contributed by atoms with E-state index < -0.39 is 12.3 Å². The fourth-order valence-corrected chi connectivity index (χ4v) is 2.56. The maximum atomic E-state index is 11.8. The zero-order valence-corrected chi connectivity index (χ0v) is 15.5. The third-order valence-corrected chi connectivity index (χ3v) is 4.03. The number of amides is 1. The number of aryl methyl sites for hydroxylation is 1. The lowest BCUT2D eigenvalue weighted by molar-refractivity contribution is -0.139. The Labute approximate surface area is 154 Å². The Bertz CT molecular complexity index is 522. The molecule has 0 atom stereocenters. The van der Waals surface area contributed by atoms with E-state index in [2.05, 4.69) is 27.9 Å². The molecule has 7 nitrogen and oxygen atoms in total. The lowest BCUT2D eigenvalue weighted by Gasteiger charge is -2.21. The van der Waals surface area contributed by atoms with E-state index in [1.807, 2.05) is 24.3 Å². The van der Waals surface area contributed by atoms with Crippen LogP contribution in [0.2, 0.25) is 0 Å². The van der Waals surface area contributed by atoms with Gasteiger partial charge in [-0.3, -0.25) is 14.5 Å². The molecule has 24 heavy (non-hydrogen) atoms. The highest BCUT2D eigenvalue weighted by molar-refractivity contribution is 14.1. The number of benzene rings is 1. The lowest BCUT2D eigenvalue weighted by atomic mass is 10.1. The van der Waals surface area contributed by atoms with E-state index in [9.17, 15) is 9.59 Å². The van der Waals surface area contributed by atoms with Crippen LogP contribution >= 0.6 is 22.6 Å².